The topological polar surface area (TPSA) is 80.0 Å². The molecule has 6 nitrogen and oxygen atoms in total. The summed E-state index contributed by atoms with van der Waals surface area (Å²) in [6.45, 7) is 0.683. The molecule has 8 heteroatoms. The lowest BCUT2D eigenvalue weighted by atomic mass is 9.75. The predicted octanol–water partition coefficient (Wildman–Crippen LogP) is 4.07. The number of carbonyl (C=O) groups excluding carboxylic acids is 1. The van der Waals surface area contributed by atoms with Crippen LogP contribution in [0, 0.1) is 5.82 Å². The molecule has 0 unspecified atom stereocenters. The van der Waals surface area contributed by atoms with Gasteiger partial charge in [0.25, 0.3) is 0 Å². The second kappa shape index (κ2) is 7.90. The van der Waals surface area contributed by atoms with Crippen LogP contribution in [0.5, 0.6) is 0 Å². The van der Waals surface area contributed by atoms with Gasteiger partial charge in [-0.3, -0.25) is 4.79 Å². The van der Waals surface area contributed by atoms with Gasteiger partial charge < -0.3 is 10.4 Å². The minimum absolute atomic E-state index is 0.00901. The summed E-state index contributed by atoms with van der Waals surface area (Å²) < 4.78 is 16.3. The number of halogens is 2. The average Bonchev–Trinajstić information content (AvgIpc) is 3.28. The Labute approximate surface area is 183 Å². The Morgan fingerprint density at radius 2 is 2.03 bits per heavy atom. The van der Waals surface area contributed by atoms with Crippen LogP contribution in [0.4, 0.5) is 4.39 Å². The average molecular weight is 439 g/mol. The number of aliphatic hydroxyl groups is 1. The van der Waals surface area contributed by atoms with Crippen molar-refractivity contribution in [2.75, 3.05) is 6.54 Å². The fourth-order valence-electron chi connectivity index (χ4n) is 4.78. The molecule has 31 heavy (non-hydrogen) atoms. The minimum Gasteiger partial charge on any atom is -0.510 e. The Bertz CT molecular complexity index is 1160. The summed E-state index contributed by atoms with van der Waals surface area (Å²) in [6.07, 6.45) is 3.63. The Morgan fingerprint density at radius 3 is 2.81 bits per heavy atom. The molecule has 0 saturated carbocycles. The molecular formula is C23H20ClFN4O2. The quantitative estimate of drug-likeness (QED) is 0.644. The summed E-state index contributed by atoms with van der Waals surface area (Å²) in [4.78, 5) is 17.4. The Balaban J connectivity index is 1.68. The van der Waals surface area contributed by atoms with Crippen molar-refractivity contribution in [1.29, 1.82) is 0 Å². The maximum atomic E-state index is 14.8. The van der Waals surface area contributed by atoms with E-state index in [0.29, 0.717) is 6.54 Å². The van der Waals surface area contributed by atoms with Crippen molar-refractivity contribution in [3.8, 4) is 0 Å². The molecule has 0 bridgehead atoms. The van der Waals surface area contributed by atoms with E-state index in [4.69, 9.17) is 11.6 Å². The molecule has 1 aromatic heterocycles. The van der Waals surface area contributed by atoms with Gasteiger partial charge in [-0.15, -0.1) is 0 Å². The first-order valence-corrected chi connectivity index (χ1v) is 10.5. The smallest absolute Gasteiger partial charge is 0.164 e. The van der Waals surface area contributed by atoms with Crippen molar-refractivity contribution in [1.82, 2.24) is 20.1 Å². The van der Waals surface area contributed by atoms with Crippen molar-refractivity contribution in [2.24, 2.45) is 0 Å². The largest absolute Gasteiger partial charge is 0.510 e. The highest BCUT2D eigenvalue weighted by Gasteiger charge is 2.44. The van der Waals surface area contributed by atoms with Crippen LogP contribution in [0.1, 0.15) is 41.1 Å². The third kappa shape index (κ3) is 3.34. The lowest BCUT2D eigenvalue weighted by Crippen LogP contribution is -2.38. The van der Waals surface area contributed by atoms with Crippen LogP contribution in [0.2, 0.25) is 5.02 Å². The van der Waals surface area contributed by atoms with Gasteiger partial charge in [0.05, 0.1) is 11.6 Å². The highest BCUT2D eigenvalue weighted by molar-refractivity contribution is 6.31. The zero-order chi connectivity index (χ0) is 21.5. The molecule has 2 aromatic carbocycles. The molecule has 2 heterocycles. The third-order valence-electron chi connectivity index (χ3n) is 6.13. The van der Waals surface area contributed by atoms with Crippen LogP contribution >= 0.6 is 11.6 Å². The molecule has 158 valence electrons. The van der Waals surface area contributed by atoms with E-state index in [9.17, 15) is 14.3 Å². The van der Waals surface area contributed by atoms with Gasteiger partial charge >= 0.3 is 0 Å². The second-order valence-electron chi connectivity index (χ2n) is 7.82. The highest BCUT2D eigenvalue weighted by Crippen LogP contribution is 2.47. The van der Waals surface area contributed by atoms with Gasteiger partial charge in [-0.25, -0.2) is 14.1 Å². The van der Waals surface area contributed by atoms with E-state index in [1.807, 2.05) is 24.3 Å². The van der Waals surface area contributed by atoms with E-state index >= 15 is 0 Å². The second-order valence-corrected chi connectivity index (χ2v) is 8.23. The molecule has 2 aliphatic rings. The predicted molar refractivity (Wildman–Crippen MR) is 113 cm³/mol. The van der Waals surface area contributed by atoms with Crippen LogP contribution < -0.4 is 5.32 Å². The number of benzene rings is 2. The Morgan fingerprint density at radius 1 is 1.19 bits per heavy atom. The summed E-state index contributed by atoms with van der Waals surface area (Å²) in [7, 11) is 0. The van der Waals surface area contributed by atoms with Gasteiger partial charge in [0.15, 0.2) is 5.78 Å². The molecule has 1 aliphatic carbocycles. The van der Waals surface area contributed by atoms with Gasteiger partial charge in [-0.2, -0.15) is 5.10 Å². The summed E-state index contributed by atoms with van der Waals surface area (Å²) >= 11 is 6.33. The number of nitrogens with zero attached hydrogens (tertiary/aromatic N) is 3. The Hall–Kier alpha value is -3.03. The molecule has 0 saturated heterocycles. The molecule has 0 amide bonds. The van der Waals surface area contributed by atoms with Crippen LogP contribution in [0.3, 0.4) is 0 Å². The van der Waals surface area contributed by atoms with Crippen LogP contribution in [0.25, 0.3) is 0 Å². The normalized spacial score (nSPS) is 23.7. The van der Waals surface area contributed by atoms with E-state index in [1.165, 1.54) is 29.5 Å². The first-order valence-electron chi connectivity index (χ1n) is 10.1. The molecule has 3 aromatic rings. The van der Waals surface area contributed by atoms with Gasteiger partial charge in [-0.1, -0.05) is 41.9 Å². The van der Waals surface area contributed by atoms with Gasteiger partial charge in [-0.05, 0) is 29.7 Å². The lowest BCUT2D eigenvalue weighted by molar-refractivity contribution is -0.117. The van der Waals surface area contributed by atoms with Crippen molar-refractivity contribution in [3.63, 3.8) is 0 Å². The van der Waals surface area contributed by atoms with Crippen LogP contribution in [0.15, 0.2) is 66.5 Å². The van der Waals surface area contributed by atoms with Crippen molar-refractivity contribution in [3.05, 3.63) is 94.0 Å². The number of nitrogens with one attached hydrogen (secondary N) is 1. The molecule has 1 aliphatic heterocycles. The third-order valence-corrected chi connectivity index (χ3v) is 6.46. The van der Waals surface area contributed by atoms with E-state index < -0.39 is 23.8 Å². The molecule has 0 fully saturated rings. The highest BCUT2D eigenvalue weighted by atomic mass is 35.5. The zero-order valence-electron chi connectivity index (χ0n) is 16.5. The van der Waals surface area contributed by atoms with E-state index in [2.05, 4.69) is 15.4 Å². The van der Waals surface area contributed by atoms with Gasteiger partial charge in [0.1, 0.15) is 30.3 Å². The number of ketones is 1. The summed E-state index contributed by atoms with van der Waals surface area (Å²) in [6, 6.07) is 11.0. The van der Waals surface area contributed by atoms with Crippen LogP contribution in [-0.4, -0.2) is 32.2 Å². The monoisotopic (exact) mass is 438 g/mol. The first kappa shape index (κ1) is 19.9. The Kier molecular flexibility index (Phi) is 5.08. The number of rotatable bonds is 3. The number of hydrogen-bond donors (Lipinski definition) is 2. The summed E-state index contributed by atoms with van der Waals surface area (Å²) in [5, 5.41) is 19.2. The summed E-state index contributed by atoms with van der Waals surface area (Å²) in [5.74, 6) is -1.62. The van der Waals surface area contributed by atoms with Crippen LogP contribution in [-0.2, 0) is 11.2 Å². The van der Waals surface area contributed by atoms with Crippen molar-refractivity contribution < 1.29 is 14.3 Å². The first-order chi connectivity index (χ1) is 15.1. The molecule has 5 rings (SSSR count). The fourth-order valence-corrected chi connectivity index (χ4v) is 5.08. The number of allylic oxidation sites excluding steroid dienone is 1. The van der Waals surface area contributed by atoms with Gasteiger partial charge in [0.2, 0.25) is 0 Å². The molecule has 2 N–H and O–H groups in total. The molecular weight excluding hydrogens is 419 g/mol. The standard InChI is InChI=1S/C23H20ClFN4O2/c24-16-6-3-7-17(25)19(16)15-10-18(30)20(23(31)22(15)29-12-26-11-28-29)21-14-5-2-1-4-13(14)8-9-27-21/h1-7,11-12,15,21-22,27,31H,8-10H2/t15-,21-,22+/m0/s1. The zero-order valence-corrected chi connectivity index (χ0v) is 17.3. The number of fused-ring (bicyclic) bond motifs is 1. The van der Waals surface area contributed by atoms with E-state index in [-0.39, 0.29) is 34.1 Å². The van der Waals surface area contributed by atoms with E-state index in [1.54, 1.807) is 6.07 Å². The van der Waals surface area contributed by atoms with E-state index in [0.717, 1.165) is 17.5 Å². The maximum absolute atomic E-state index is 14.8. The SMILES string of the molecule is O=C1C[C@@H](c2c(F)cccc2Cl)[C@@H](n2cncn2)C(O)=C1[C@H]1NCCc2ccccc21. The summed E-state index contributed by atoms with van der Waals surface area (Å²) in [5.41, 5.74) is 2.58. The van der Waals surface area contributed by atoms with Crippen molar-refractivity contribution in [2.45, 2.75) is 30.8 Å². The number of hydrogen-bond acceptors (Lipinski definition) is 5. The maximum Gasteiger partial charge on any atom is 0.164 e. The fraction of sp³-hybridized carbons (Fsp3) is 0.261. The molecule has 0 radical (unpaired) electrons. The van der Waals surface area contributed by atoms with Crippen molar-refractivity contribution >= 4 is 17.4 Å². The lowest BCUT2D eigenvalue weighted by Gasteiger charge is -2.37. The molecule has 0 spiro atoms. The molecule has 3 atom stereocenters. The number of Topliss-reactive ketones (excluding diaryl/α,β-unsaturated/α-hetero) is 1. The number of aromatic nitrogens is 3. The minimum atomic E-state index is -0.805. The number of carbonyl (C=O) groups is 1. The van der Waals surface area contributed by atoms with Gasteiger partial charge in [0, 0.05) is 29.5 Å². The number of aliphatic hydroxyl groups excluding tert-OH is 1.